The smallest absolute Gasteiger partial charge is 0.311 e. The molecule has 1 saturated carbocycles. The number of para-hydroxylation sites is 1. The number of carbonyl (C=O) groups excluding carboxylic acids is 1. The molecule has 5 atom stereocenters. The Hall–Kier alpha value is -1.88. The zero-order valence-electron chi connectivity index (χ0n) is 18.1. The fraction of sp³-hybridized carbons (Fsp3) is 0.640. The van der Waals surface area contributed by atoms with Gasteiger partial charge < -0.3 is 9.64 Å². The molecule has 1 aromatic rings. The Bertz CT molecular complexity index is 847. The summed E-state index contributed by atoms with van der Waals surface area (Å²) < 4.78 is 20.0. The number of fused-ring (bicyclic) bond motifs is 2. The Morgan fingerprint density at radius 1 is 1.20 bits per heavy atom. The van der Waals surface area contributed by atoms with Gasteiger partial charge in [0.05, 0.1) is 11.6 Å². The number of esters is 1. The summed E-state index contributed by atoms with van der Waals surface area (Å²) in [4.78, 5) is 17.3. The molecule has 0 aromatic heterocycles. The summed E-state index contributed by atoms with van der Waals surface area (Å²) >= 11 is 0. The van der Waals surface area contributed by atoms with E-state index in [1.165, 1.54) is 25.3 Å². The first-order chi connectivity index (χ1) is 14.4. The molecule has 0 unspecified atom stereocenters. The van der Waals surface area contributed by atoms with Gasteiger partial charge in [-0.1, -0.05) is 44.1 Å². The summed E-state index contributed by atoms with van der Waals surface area (Å²) in [6.45, 7) is 8.73. The molecule has 0 spiro atoms. The van der Waals surface area contributed by atoms with Crippen molar-refractivity contribution >= 4 is 11.7 Å². The number of rotatable bonds is 3. The first-order valence-corrected chi connectivity index (χ1v) is 11.6. The lowest BCUT2D eigenvalue weighted by atomic mass is 9.59. The molecule has 0 N–H and O–H groups in total. The van der Waals surface area contributed by atoms with E-state index in [1.54, 1.807) is 11.6 Å². The highest BCUT2D eigenvalue weighted by Gasteiger charge is 2.52. The van der Waals surface area contributed by atoms with E-state index in [1.807, 2.05) is 12.1 Å². The quantitative estimate of drug-likeness (QED) is 0.549. The first-order valence-electron chi connectivity index (χ1n) is 11.6. The van der Waals surface area contributed by atoms with E-state index in [4.69, 9.17) is 4.74 Å². The Morgan fingerprint density at radius 2 is 1.97 bits per heavy atom. The first kappa shape index (κ1) is 20.0. The Labute approximate surface area is 179 Å². The highest BCUT2D eigenvalue weighted by molar-refractivity contribution is 5.76. The van der Waals surface area contributed by atoms with Crippen LogP contribution < -0.4 is 4.90 Å². The van der Waals surface area contributed by atoms with Crippen molar-refractivity contribution in [2.45, 2.75) is 45.6 Å². The number of hydrogen-bond acceptors (Lipinski definition) is 4. The highest BCUT2D eigenvalue weighted by atomic mass is 19.1. The topological polar surface area (TPSA) is 32.8 Å². The molecule has 2 saturated heterocycles. The molecular formula is C25H33FN2O2. The van der Waals surface area contributed by atoms with Crippen molar-refractivity contribution in [3.63, 3.8) is 0 Å². The number of benzene rings is 1. The van der Waals surface area contributed by atoms with Gasteiger partial charge in [-0.2, -0.15) is 0 Å². The van der Waals surface area contributed by atoms with Gasteiger partial charge >= 0.3 is 5.97 Å². The van der Waals surface area contributed by atoms with Crippen LogP contribution in [0.4, 0.5) is 10.1 Å². The number of halogens is 1. The maximum Gasteiger partial charge on any atom is 0.311 e. The van der Waals surface area contributed by atoms with Crippen LogP contribution in [0.3, 0.4) is 0 Å². The minimum absolute atomic E-state index is 0.0201. The van der Waals surface area contributed by atoms with Crippen LogP contribution in [0.25, 0.3) is 0 Å². The van der Waals surface area contributed by atoms with Crippen molar-refractivity contribution in [1.82, 2.24) is 4.90 Å². The predicted molar refractivity (Wildman–Crippen MR) is 116 cm³/mol. The fourth-order valence-electron chi connectivity index (χ4n) is 6.42. The molecule has 0 amide bonds. The lowest BCUT2D eigenvalue weighted by molar-refractivity contribution is -0.145. The van der Waals surface area contributed by atoms with Gasteiger partial charge in [-0.15, -0.1) is 0 Å². The average molecular weight is 413 g/mol. The Balaban J connectivity index is 1.27. The van der Waals surface area contributed by atoms with Crippen molar-refractivity contribution in [1.29, 1.82) is 0 Å². The second-order valence-electron chi connectivity index (χ2n) is 10.1. The molecule has 1 aromatic carbocycles. The van der Waals surface area contributed by atoms with E-state index in [-0.39, 0.29) is 35.1 Å². The molecule has 4 nitrogen and oxygen atoms in total. The van der Waals surface area contributed by atoms with E-state index in [0.717, 1.165) is 39.1 Å². The number of allylic oxidation sites excluding steroid dienone is 1. The molecule has 3 fully saturated rings. The van der Waals surface area contributed by atoms with Crippen LogP contribution in [0.2, 0.25) is 0 Å². The lowest BCUT2D eigenvalue weighted by Crippen LogP contribution is -2.49. The van der Waals surface area contributed by atoms with Gasteiger partial charge in [0.2, 0.25) is 0 Å². The lowest BCUT2D eigenvalue weighted by Gasteiger charge is -2.46. The van der Waals surface area contributed by atoms with E-state index in [2.05, 4.69) is 29.7 Å². The molecule has 5 heteroatoms. The van der Waals surface area contributed by atoms with Crippen molar-refractivity contribution in [3.8, 4) is 0 Å². The van der Waals surface area contributed by atoms with Crippen LogP contribution in [0.1, 0.15) is 39.5 Å². The molecule has 5 rings (SSSR count). The van der Waals surface area contributed by atoms with Crippen LogP contribution >= 0.6 is 0 Å². The van der Waals surface area contributed by atoms with Crippen molar-refractivity contribution in [2.75, 3.05) is 37.6 Å². The monoisotopic (exact) mass is 412 g/mol. The molecule has 2 heterocycles. The van der Waals surface area contributed by atoms with Crippen molar-refractivity contribution < 1.29 is 13.9 Å². The Morgan fingerprint density at radius 3 is 2.73 bits per heavy atom. The number of carbonyl (C=O) groups is 1. The SMILES string of the molecule is C[C@@H]1CCC[C@]2(C)C[C@H]3OC(=O)[C@@H](CN4CCN(c5ccccc5F)CC4)[C@H]3C=C12. The number of nitrogens with zero attached hydrogens (tertiary/aromatic N) is 2. The van der Waals surface area contributed by atoms with Crippen LogP contribution in [0.15, 0.2) is 35.9 Å². The maximum absolute atomic E-state index is 14.1. The molecule has 2 aliphatic carbocycles. The molecule has 2 aliphatic heterocycles. The largest absolute Gasteiger partial charge is 0.461 e. The molecule has 30 heavy (non-hydrogen) atoms. The fourth-order valence-corrected chi connectivity index (χ4v) is 6.42. The van der Waals surface area contributed by atoms with Gasteiger partial charge in [-0.05, 0) is 42.7 Å². The van der Waals surface area contributed by atoms with Crippen LogP contribution in [0.5, 0.6) is 0 Å². The third-order valence-electron chi connectivity index (χ3n) is 8.10. The van der Waals surface area contributed by atoms with Gasteiger partial charge in [-0.3, -0.25) is 9.69 Å². The van der Waals surface area contributed by atoms with Crippen LogP contribution in [-0.4, -0.2) is 49.7 Å². The summed E-state index contributed by atoms with van der Waals surface area (Å²) in [5, 5.41) is 0. The Kier molecular flexibility index (Phi) is 5.12. The van der Waals surface area contributed by atoms with Gasteiger partial charge in [-0.25, -0.2) is 4.39 Å². The standard InChI is InChI=1S/C25H33FN2O2/c1-17-6-5-9-25(2)15-23-18(14-20(17)25)19(24(29)30-23)16-27-10-12-28(13-11-27)22-8-4-3-7-21(22)26/h3-4,7-8,14,17-19,23H,5-6,9-13,15-16H2,1-2H3/t17-,18-,19+,23-,25-/m1/s1. The van der Waals surface area contributed by atoms with Gasteiger partial charge in [0, 0.05) is 38.6 Å². The minimum Gasteiger partial charge on any atom is -0.461 e. The molecular weight excluding hydrogens is 379 g/mol. The van der Waals surface area contributed by atoms with Crippen LogP contribution in [-0.2, 0) is 9.53 Å². The zero-order valence-corrected chi connectivity index (χ0v) is 18.1. The summed E-state index contributed by atoms with van der Waals surface area (Å²) in [7, 11) is 0. The van der Waals surface area contributed by atoms with Crippen molar-refractivity contribution in [3.05, 3.63) is 41.7 Å². The summed E-state index contributed by atoms with van der Waals surface area (Å²) in [5.41, 5.74) is 2.46. The molecule has 0 bridgehead atoms. The number of piperazine rings is 1. The molecule has 0 radical (unpaired) electrons. The van der Waals surface area contributed by atoms with Gasteiger partial charge in [0.15, 0.2) is 0 Å². The van der Waals surface area contributed by atoms with E-state index >= 15 is 0 Å². The third kappa shape index (κ3) is 3.45. The summed E-state index contributed by atoms with van der Waals surface area (Å²) in [6, 6.07) is 6.98. The highest BCUT2D eigenvalue weighted by Crippen LogP contribution is 2.54. The summed E-state index contributed by atoms with van der Waals surface area (Å²) in [6.07, 6.45) is 7.21. The van der Waals surface area contributed by atoms with E-state index < -0.39 is 0 Å². The summed E-state index contributed by atoms with van der Waals surface area (Å²) in [5.74, 6) is 0.581. The number of ether oxygens (including phenoxy) is 1. The van der Waals surface area contributed by atoms with Crippen molar-refractivity contribution in [2.24, 2.45) is 23.2 Å². The molecule has 162 valence electrons. The average Bonchev–Trinajstić information content (AvgIpc) is 3.01. The second-order valence-corrected chi connectivity index (χ2v) is 10.1. The predicted octanol–water partition coefficient (Wildman–Crippen LogP) is 4.26. The molecule has 4 aliphatic rings. The minimum atomic E-state index is -0.161. The zero-order chi connectivity index (χ0) is 20.9. The van der Waals surface area contributed by atoms with Gasteiger partial charge in [0.25, 0.3) is 0 Å². The number of hydrogen-bond donors (Lipinski definition) is 0. The third-order valence-corrected chi connectivity index (χ3v) is 8.10. The number of anilines is 1. The maximum atomic E-state index is 14.1. The normalized spacial score (nSPS) is 36.7. The van der Waals surface area contributed by atoms with Gasteiger partial charge in [0.1, 0.15) is 11.9 Å². The second kappa shape index (κ2) is 7.67. The van der Waals surface area contributed by atoms with E-state index in [0.29, 0.717) is 11.6 Å². The van der Waals surface area contributed by atoms with Crippen LogP contribution in [0, 0.1) is 29.0 Å². The van der Waals surface area contributed by atoms with E-state index in [9.17, 15) is 9.18 Å².